The average Bonchev–Trinajstić information content (AvgIpc) is 2.88. The molecule has 0 saturated heterocycles. The van der Waals surface area contributed by atoms with Crippen LogP contribution in [0, 0.1) is 5.41 Å². The zero-order valence-electron chi connectivity index (χ0n) is 12.4. The second-order valence-electron chi connectivity index (χ2n) is 6.29. The van der Waals surface area contributed by atoms with Gasteiger partial charge in [0.05, 0.1) is 4.88 Å². The molecule has 1 aromatic rings. The lowest BCUT2D eigenvalue weighted by Gasteiger charge is -2.34. The molecule has 0 aliphatic heterocycles. The van der Waals surface area contributed by atoms with E-state index in [0.29, 0.717) is 10.3 Å². The van der Waals surface area contributed by atoms with Gasteiger partial charge in [-0.15, -0.1) is 11.3 Å². The van der Waals surface area contributed by atoms with Crippen LogP contribution in [0.1, 0.15) is 54.1 Å². The van der Waals surface area contributed by atoms with Gasteiger partial charge in [0, 0.05) is 17.0 Å². The smallest absolute Gasteiger partial charge is 0.328 e. The minimum absolute atomic E-state index is 0.0559. The molecule has 0 radical (unpaired) electrons. The Morgan fingerprint density at radius 2 is 2.00 bits per heavy atom. The molecule has 0 bridgehead atoms. The molecule has 4 nitrogen and oxygen atoms in total. The van der Waals surface area contributed by atoms with Gasteiger partial charge in [-0.2, -0.15) is 0 Å². The second-order valence-corrected chi connectivity index (χ2v) is 7.40. The average molecular weight is 307 g/mol. The quantitative estimate of drug-likeness (QED) is 0.836. The van der Waals surface area contributed by atoms with Crippen molar-refractivity contribution in [3.63, 3.8) is 0 Å². The Bertz CT molecular complexity index is 550. The van der Waals surface area contributed by atoms with Crippen molar-refractivity contribution in [1.82, 2.24) is 5.32 Å². The summed E-state index contributed by atoms with van der Waals surface area (Å²) in [4.78, 5) is 24.1. The number of carboxylic acids is 1. The molecule has 2 rings (SSSR count). The fourth-order valence-electron chi connectivity index (χ4n) is 2.52. The Morgan fingerprint density at radius 3 is 2.62 bits per heavy atom. The van der Waals surface area contributed by atoms with E-state index in [2.05, 4.69) is 19.2 Å². The standard InChI is InChI=1S/C16H21NO3S/c1-16(2)9-7-11(8-10-16)17-15(20)13-5-3-12(21-13)4-6-14(18)19/h3-6,11H,7-10H2,1-2H3,(H,17,20)(H,18,19). The largest absolute Gasteiger partial charge is 0.478 e. The highest BCUT2D eigenvalue weighted by atomic mass is 32.1. The van der Waals surface area contributed by atoms with Gasteiger partial charge >= 0.3 is 5.97 Å². The maximum absolute atomic E-state index is 12.2. The Hall–Kier alpha value is -1.62. The van der Waals surface area contributed by atoms with Crippen LogP contribution in [0.15, 0.2) is 18.2 Å². The highest BCUT2D eigenvalue weighted by Gasteiger charge is 2.27. The minimum atomic E-state index is -0.987. The number of carbonyl (C=O) groups excluding carboxylic acids is 1. The maximum Gasteiger partial charge on any atom is 0.328 e. The van der Waals surface area contributed by atoms with Crippen molar-refractivity contribution in [3.8, 4) is 0 Å². The van der Waals surface area contributed by atoms with Gasteiger partial charge in [-0.1, -0.05) is 13.8 Å². The molecule has 0 aromatic carbocycles. The van der Waals surface area contributed by atoms with Crippen molar-refractivity contribution in [2.75, 3.05) is 0 Å². The number of hydrogen-bond acceptors (Lipinski definition) is 3. The number of rotatable bonds is 4. The normalized spacial score (nSPS) is 18.8. The van der Waals surface area contributed by atoms with Crippen LogP contribution in [-0.4, -0.2) is 23.0 Å². The Balaban J connectivity index is 1.91. The summed E-state index contributed by atoms with van der Waals surface area (Å²) in [7, 11) is 0. The number of hydrogen-bond donors (Lipinski definition) is 2. The van der Waals surface area contributed by atoms with E-state index >= 15 is 0 Å². The summed E-state index contributed by atoms with van der Waals surface area (Å²) in [5, 5.41) is 11.7. The summed E-state index contributed by atoms with van der Waals surface area (Å²) in [6, 6.07) is 3.77. The van der Waals surface area contributed by atoms with Crippen molar-refractivity contribution in [1.29, 1.82) is 0 Å². The molecule has 1 aliphatic rings. The van der Waals surface area contributed by atoms with Gasteiger partial charge in [0.25, 0.3) is 5.91 Å². The van der Waals surface area contributed by atoms with Crippen molar-refractivity contribution in [2.24, 2.45) is 5.41 Å². The number of nitrogens with one attached hydrogen (secondary N) is 1. The molecule has 1 fully saturated rings. The van der Waals surface area contributed by atoms with Crippen molar-refractivity contribution < 1.29 is 14.7 Å². The summed E-state index contributed by atoms with van der Waals surface area (Å²) in [5.74, 6) is -1.04. The number of aliphatic carboxylic acids is 1. The lowest BCUT2D eigenvalue weighted by molar-refractivity contribution is -0.131. The van der Waals surface area contributed by atoms with E-state index in [1.807, 2.05) is 0 Å². The summed E-state index contributed by atoms with van der Waals surface area (Å²) < 4.78 is 0. The SMILES string of the molecule is CC1(C)CCC(NC(=O)c2ccc(C=CC(=O)O)s2)CC1. The molecule has 1 heterocycles. The van der Waals surface area contributed by atoms with E-state index < -0.39 is 5.97 Å². The molecule has 114 valence electrons. The zero-order chi connectivity index (χ0) is 15.5. The summed E-state index contributed by atoms with van der Waals surface area (Å²) in [6.07, 6.45) is 6.90. The van der Waals surface area contributed by atoms with Gasteiger partial charge in [0.2, 0.25) is 0 Å². The monoisotopic (exact) mass is 307 g/mol. The molecular weight excluding hydrogens is 286 g/mol. The third-order valence-corrected chi connectivity index (χ3v) is 4.96. The molecule has 1 aliphatic carbocycles. The molecule has 1 saturated carbocycles. The first kappa shape index (κ1) is 15.8. The van der Waals surface area contributed by atoms with Crippen LogP contribution >= 0.6 is 11.3 Å². The molecule has 0 unspecified atom stereocenters. The third kappa shape index (κ3) is 4.70. The number of amides is 1. The van der Waals surface area contributed by atoms with Crippen molar-refractivity contribution >= 4 is 29.3 Å². The van der Waals surface area contributed by atoms with E-state index in [1.54, 1.807) is 12.1 Å². The van der Waals surface area contributed by atoms with Gasteiger partial charge in [-0.05, 0) is 49.3 Å². The van der Waals surface area contributed by atoms with Gasteiger partial charge in [-0.25, -0.2) is 4.79 Å². The lowest BCUT2D eigenvalue weighted by atomic mass is 9.75. The minimum Gasteiger partial charge on any atom is -0.478 e. The Morgan fingerprint density at radius 1 is 1.33 bits per heavy atom. The van der Waals surface area contributed by atoms with Crippen LogP contribution in [0.4, 0.5) is 0 Å². The van der Waals surface area contributed by atoms with Crippen LogP contribution < -0.4 is 5.32 Å². The van der Waals surface area contributed by atoms with Crippen molar-refractivity contribution in [3.05, 3.63) is 28.0 Å². The number of thiophene rings is 1. The van der Waals surface area contributed by atoms with E-state index in [1.165, 1.54) is 17.4 Å². The zero-order valence-corrected chi connectivity index (χ0v) is 13.2. The number of carbonyl (C=O) groups is 2. The summed E-state index contributed by atoms with van der Waals surface area (Å²) in [5.41, 5.74) is 0.388. The number of carboxylic acid groups (broad SMARTS) is 1. The first-order valence-corrected chi connectivity index (χ1v) is 7.99. The predicted octanol–water partition coefficient (Wildman–Crippen LogP) is 3.54. The molecular formula is C16H21NO3S. The Labute approximate surface area is 128 Å². The predicted molar refractivity (Wildman–Crippen MR) is 84.5 cm³/mol. The maximum atomic E-state index is 12.2. The van der Waals surface area contributed by atoms with E-state index in [-0.39, 0.29) is 11.9 Å². The molecule has 1 aromatic heterocycles. The molecule has 2 N–H and O–H groups in total. The first-order chi connectivity index (χ1) is 9.85. The third-order valence-electron chi connectivity index (χ3n) is 3.92. The Kier molecular flexibility index (Phi) is 4.83. The van der Waals surface area contributed by atoms with Crippen LogP contribution in [0.25, 0.3) is 6.08 Å². The van der Waals surface area contributed by atoms with Crippen LogP contribution in [-0.2, 0) is 4.79 Å². The topological polar surface area (TPSA) is 66.4 Å². The van der Waals surface area contributed by atoms with E-state index in [0.717, 1.165) is 36.6 Å². The van der Waals surface area contributed by atoms with Gasteiger partial charge in [-0.3, -0.25) is 4.79 Å². The van der Waals surface area contributed by atoms with E-state index in [4.69, 9.17) is 5.11 Å². The van der Waals surface area contributed by atoms with Crippen LogP contribution in [0.3, 0.4) is 0 Å². The summed E-state index contributed by atoms with van der Waals surface area (Å²) in [6.45, 7) is 4.54. The van der Waals surface area contributed by atoms with Crippen LogP contribution in [0.5, 0.6) is 0 Å². The fourth-order valence-corrected chi connectivity index (χ4v) is 3.33. The lowest BCUT2D eigenvalue weighted by Crippen LogP contribution is -2.38. The van der Waals surface area contributed by atoms with Crippen molar-refractivity contribution in [2.45, 2.75) is 45.6 Å². The molecule has 0 spiro atoms. The fraction of sp³-hybridized carbons (Fsp3) is 0.500. The van der Waals surface area contributed by atoms with Gasteiger partial charge in [0.1, 0.15) is 0 Å². The van der Waals surface area contributed by atoms with Gasteiger partial charge < -0.3 is 10.4 Å². The second kappa shape index (κ2) is 6.43. The van der Waals surface area contributed by atoms with E-state index in [9.17, 15) is 9.59 Å². The molecule has 5 heteroatoms. The van der Waals surface area contributed by atoms with Gasteiger partial charge in [0.15, 0.2) is 0 Å². The highest BCUT2D eigenvalue weighted by molar-refractivity contribution is 7.14. The summed E-state index contributed by atoms with van der Waals surface area (Å²) >= 11 is 1.31. The highest BCUT2D eigenvalue weighted by Crippen LogP contribution is 2.35. The molecule has 0 atom stereocenters. The molecule has 21 heavy (non-hydrogen) atoms. The van der Waals surface area contributed by atoms with Crippen LogP contribution in [0.2, 0.25) is 0 Å². The first-order valence-electron chi connectivity index (χ1n) is 7.17. The molecule has 1 amide bonds.